The van der Waals surface area contributed by atoms with Crippen LogP contribution in [0.2, 0.25) is 0 Å². The van der Waals surface area contributed by atoms with Crippen LogP contribution in [0.4, 0.5) is 11.5 Å². The van der Waals surface area contributed by atoms with Crippen molar-refractivity contribution < 1.29 is 47.7 Å². The number of nitrogen functional groups attached to an aromatic ring is 1. The van der Waals surface area contributed by atoms with E-state index in [1.807, 2.05) is 47.0 Å². The second-order valence-electron chi connectivity index (χ2n) is 18.5. The number of imide groups is 2. The van der Waals surface area contributed by atoms with Gasteiger partial charge in [-0.2, -0.15) is 0 Å². The summed E-state index contributed by atoms with van der Waals surface area (Å²) in [6.45, 7) is 4.45. The van der Waals surface area contributed by atoms with Gasteiger partial charge in [0.25, 0.3) is 11.8 Å². The number of hydrogen-bond donors (Lipinski definition) is 5. The summed E-state index contributed by atoms with van der Waals surface area (Å²) in [6.07, 6.45) is 5.77. The van der Waals surface area contributed by atoms with Crippen LogP contribution < -0.4 is 27.4 Å². The van der Waals surface area contributed by atoms with Gasteiger partial charge in [0.05, 0.1) is 88.5 Å². The fourth-order valence-electron chi connectivity index (χ4n) is 9.33. The maximum Gasteiger partial charge on any atom is 0.264 e. The zero-order valence-electron chi connectivity index (χ0n) is 41.7. The number of carbonyl (C=O) groups is 5. The number of nitrogens with two attached hydrogens (primary N) is 2. The summed E-state index contributed by atoms with van der Waals surface area (Å²) in [5, 5.41) is 8.33. The first-order valence-electron chi connectivity index (χ1n) is 25.4. The Morgan fingerprint density at radius 3 is 2.13 bits per heavy atom. The van der Waals surface area contributed by atoms with Crippen molar-refractivity contribution in [2.75, 3.05) is 90.2 Å². The third-order valence-corrected chi connectivity index (χ3v) is 13.5. The lowest BCUT2D eigenvalue weighted by atomic mass is 9.73. The topological polar surface area (TPSA) is 266 Å². The molecule has 7 N–H and O–H groups in total. The molecule has 0 bridgehead atoms. The van der Waals surface area contributed by atoms with Crippen LogP contribution in [0.5, 0.6) is 0 Å². The molecular weight excluding hydrogens is 961 g/mol. The Labute approximate surface area is 433 Å². The van der Waals surface area contributed by atoms with Gasteiger partial charge < -0.3 is 45.8 Å². The second-order valence-corrected chi connectivity index (χ2v) is 18.5. The Kier molecular flexibility index (Phi) is 17.3. The molecule has 1 saturated carbocycles. The molecule has 1 aliphatic carbocycles. The van der Waals surface area contributed by atoms with Gasteiger partial charge in [-0.15, -0.1) is 0 Å². The van der Waals surface area contributed by atoms with Gasteiger partial charge in [0.15, 0.2) is 11.5 Å². The lowest BCUT2D eigenvalue weighted by Gasteiger charge is -2.38. The molecule has 5 amide bonds. The molecule has 2 aliphatic heterocycles. The van der Waals surface area contributed by atoms with Crippen LogP contribution in [-0.2, 0) is 50.0 Å². The van der Waals surface area contributed by atoms with Gasteiger partial charge in [0.1, 0.15) is 17.4 Å². The maximum absolute atomic E-state index is 13.2. The largest absolute Gasteiger partial charge is 0.383 e. The van der Waals surface area contributed by atoms with E-state index in [9.17, 15) is 24.0 Å². The highest BCUT2D eigenvalue weighted by molar-refractivity contribution is 6.25. The van der Waals surface area contributed by atoms with E-state index in [4.69, 9.17) is 45.1 Å². The van der Waals surface area contributed by atoms with E-state index in [0.717, 1.165) is 57.8 Å². The number of carbonyl (C=O) groups excluding carboxylic acids is 5. The number of anilines is 2. The Bertz CT molecular complexity index is 3010. The van der Waals surface area contributed by atoms with Gasteiger partial charge in [-0.3, -0.25) is 38.8 Å². The number of amides is 5. The normalized spacial score (nSPS) is 16.0. The van der Waals surface area contributed by atoms with E-state index in [-0.39, 0.29) is 48.4 Å². The fourth-order valence-corrected chi connectivity index (χ4v) is 9.33. The summed E-state index contributed by atoms with van der Waals surface area (Å²) in [4.78, 5) is 78.2. The van der Waals surface area contributed by atoms with Crippen LogP contribution in [0.25, 0.3) is 39.5 Å². The van der Waals surface area contributed by atoms with E-state index >= 15 is 0 Å². The summed E-state index contributed by atoms with van der Waals surface area (Å²) in [6, 6.07) is 28.1. The molecule has 9 rings (SSSR count). The Hall–Kier alpha value is -7.46. The monoisotopic (exact) mass is 1020 g/mol. The molecule has 1 unspecified atom stereocenters. The van der Waals surface area contributed by atoms with Crippen LogP contribution in [0.1, 0.15) is 70.4 Å². The molecule has 3 aromatic carbocycles. The molecular formula is C55H62N10O10. The van der Waals surface area contributed by atoms with Gasteiger partial charge in [-0.05, 0) is 97.8 Å². The summed E-state index contributed by atoms with van der Waals surface area (Å²) in [7, 11) is 0. The zero-order chi connectivity index (χ0) is 52.2. The molecule has 5 heterocycles. The Morgan fingerprint density at radius 2 is 1.44 bits per heavy atom. The van der Waals surface area contributed by atoms with Crippen LogP contribution in [0.3, 0.4) is 0 Å². The van der Waals surface area contributed by atoms with Crippen molar-refractivity contribution in [3.05, 3.63) is 119 Å². The average Bonchev–Trinajstić information content (AvgIpc) is 3.91. The molecule has 2 fully saturated rings. The third-order valence-electron chi connectivity index (χ3n) is 13.5. The number of piperidine rings is 1. The minimum absolute atomic E-state index is 0.0554. The molecule has 392 valence electrons. The van der Waals surface area contributed by atoms with Crippen LogP contribution in [-0.4, -0.2) is 139 Å². The summed E-state index contributed by atoms with van der Waals surface area (Å²) >= 11 is 0. The number of nitrogens with zero attached hydrogens (tertiary/aromatic N) is 5. The number of imidazole rings is 1. The molecule has 3 aliphatic rings. The molecule has 6 aromatic rings. The van der Waals surface area contributed by atoms with E-state index < -0.39 is 29.7 Å². The van der Waals surface area contributed by atoms with Crippen molar-refractivity contribution >= 4 is 52.2 Å². The first kappa shape index (κ1) is 52.4. The first-order valence-corrected chi connectivity index (χ1v) is 25.4. The SMILES string of the molecule is Nc1ncccc1-c1nc2ccc(-c3cccc(CCNC(=O)CCOCCOCCOCCOCCOCCNc4cccc5c4C(=O)N(C4CCC(=O)NC4=O)C5=O)c3)nc2n1-c1ccc(C2(N)CCC2)cc1. The van der Waals surface area contributed by atoms with Gasteiger partial charge in [0, 0.05) is 54.6 Å². The maximum atomic E-state index is 13.2. The number of benzene rings is 3. The summed E-state index contributed by atoms with van der Waals surface area (Å²) in [5.74, 6) is -1.27. The fraction of sp³-hybridized carbons (Fsp3) is 0.382. The van der Waals surface area contributed by atoms with Crippen molar-refractivity contribution in [1.82, 2.24) is 35.1 Å². The number of fused-ring (bicyclic) bond motifs is 2. The van der Waals surface area contributed by atoms with Gasteiger partial charge in [0.2, 0.25) is 17.7 Å². The summed E-state index contributed by atoms with van der Waals surface area (Å²) < 4.78 is 30.0. The molecule has 0 spiro atoms. The minimum atomic E-state index is -1.02. The van der Waals surface area contributed by atoms with Gasteiger partial charge >= 0.3 is 0 Å². The predicted octanol–water partition coefficient (Wildman–Crippen LogP) is 4.71. The lowest BCUT2D eigenvalue weighted by molar-refractivity contribution is -0.136. The van der Waals surface area contributed by atoms with Crippen LogP contribution in [0.15, 0.2) is 97.2 Å². The molecule has 3 aromatic heterocycles. The van der Waals surface area contributed by atoms with E-state index in [0.29, 0.717) is 108 Å². The van der Waals surface area contributed by atoms with Crippen molar-refractivity contribution in [2.45, 2.75) is 56.5 Å². The van der Waals surface area contributed by atoms with Crippen molar-refractivity contribution in [3.8, 4) is 28.3 Å². The standard InChI is InChI=1S/C55H62N10O10/c56-49-41(8-3-22-60-49)50-62-44-15-14-42(61-51(44)64(50)39-12-10-38(11-13-39)55(57)20-4-21-55)37-6-1-5-36(35-37)18-23-59-46(66)19-25-71-27-29-73-31-33-75-34-32-74-30-28-72-26-24-58-43-9-2-7-40-48(43)54(70)65(53(40)69)45-16-17-47(67)63-52(45)68/h1-3,5-15,22,35,45,58H,4,16-21,23-34,57H2,(H2,56,60)(H,59,66)(H,63,67,68). The van der Waals surface area contributed by atoms with Gasteiger partial charge in [-0.1, -0.05) is 36.4 Å². The number of ether oxygens (including phenoxy) is 5. The number of nitrogens with one attached hydrogen (secondary N) is 3. The lowest BCUT2D eigenvalue weighted by Crippen LogP contribution is -2.54. The highest BCUT2D eigenvalue weighted by Gasteiger charge is 2.45. The Morgan fingerprint density at radius 1 is 0.747 bits per heavy atom. The predicted molar refractivity (Wildman–Crippen MR) is 279 cm³/mol. The van der Waals surface area contributed by atoms with Crippen LogP contribution >= 0.6 is 0 Å². The number of rotatable bonds is 27. The van der Waals surface area contributed by atoms with Crippen LogP contribution in [0, 0.1) is 0 Å². The van der Waals surface area contributed by atoms with Crippen molar-refractivity contribution in [3.63, 3.8) is 0 Å². The van der Waals surface area contributed by atoms with Crippen molar-refractivity contribution in [1.29, 1.82) is 0 Å². The van der Waals surface area contributed by atoms with Crippen molar-refractivity contribution in [2.24, 2.45) is 5.73 Å². The molecule has 20 nitrogen and oxygen atoms in total. The minimum Gasteiger partial charge on any atom is -0.383 e. The number of hydrogen-bond acceptors (Lipinski definition) is 16. The smallest absolute Gasteiger partial charge is 0.264 e. The highest BCUT2D eigenvalue weighted by Crippen LogP contribution is 2.40. The third kappa shape index (κ3) is 12.6. The number of pyridine rings is 2. The van der Waals surface area contributed by atoms with E-state index in [2.05, 4.69) is 51.3 Å². The number of aromatic nitrogens is 4. The molecule has 1 atom stereocenters. The zero-order valence-corrected chi connectivity index (χ0v) is 41.7. The summed E-state index contributed by atoms with van der Waals surface area (Å²) in [5.41, 5.74) is 20.6. The molecule has 20 heteroatoms. The molecule has 0 radical (unpaired) electrons. The Balaban J connectivity index is 0.610. The molecule has 75 heavy (non-hydrogen) atoms. The van der Waals surface area contributed by atoms with E-state index in [1.54, 1.807) is 24.4 Å². The van der Waals surface area contributed by atoms with Gasteiger partial charge in [-0.25, -0.2) is 15.0 Å². The molecule has 1 saturated heterocycles. The quantitative estimate of drug-likeness (QED) is 0.0345. The second kappa shape index (κ2) is 24.7. The first-order chi connectivity index (χ1) is 36.6. The average molecular weight is 1020 g/mol. The highest BCUT2D eigenvalue weighted by atomic mass is 16.6. The van der Waals surface area contributed by atoms with E-state index in [1.165, 1.54) is 0 Å².